The van der Waals surface area contributed by atoms with E-state index in [0.29, 0.717) is 5.56 Å². The van der Waals surface area contributed by atoms with Gasteiger partial charge in [-0.1, -0.05) is 182 Å². The van der Waals surface area contributed by atoms with Crippen molar-refractivity contribution in [3.8, 4) is 28.3 Å². The Kier molecular flexibility index (Phi) is 7.23. The molecule has 1 N–H and O–H groups in total. The van der Waals surface area contributed by atoms with Crippen LogP contribution in [-0.2, 0) is 5.41 Å². The van der Waals surface area contributed by atoms with Gasteiger partial charge in [0.2, 0.25) is 0 Å². The lowest BCUT2D eigenvalue weighted by Crippen LogP contribution is -2.40. The Hall–Kier alpha value is -5.88. The van der Waals surface area contributed by atoms with E-state index in [0.717, 1.165) is 16.3 Å². The smallest absolute Gasteiger partial charge is 0.0998 e. The van der Waals surface area contributed by atoms with Gasteiger partial charge in [0.05, 0.1) is 22.8 Å². The second kappa shape index (κ2) is 12.3. The molecule has 0 aromatic heterocycles. The maximum Gasteiger partial charge on any atom is 0.0998 e. The first kappa shape index (κ1) is 31.6. The molecule has 4 heteroatoms. The fourth-order valence-electron chi connectivity index (χ4n) is 9.43. The molecule has 0 saturated carbocycles. The lowest BCUT2D eigenvalue weighted by Gasteiger charge is -2.41. The number of benzene rings is 8. The van der Waals surface area contributed by atoms with E-state index in [1.54, 1.807) is 0 Å². The van der Waals surface area contributed by atoms with Crippen LogP contribution in [0.4, 0.5) is 0 Å². The van der Waals surface area contributed by atoms with Gasteiger partial charge in [-0.3, -0.25) is 5.32 Å². The van der Waals surface area contributed by atoms with Crippen molar-refractivity contribution in [3.05, 3.63) is 221 Å². The molecule has 8 aromatic rings. The molecule has 2 nitrogen and oxygen atoms in total. The normalized spacial score (nSPS) is 19.0. The summed E-state index contributed by atoms with van der Waals surface area (Å²) < 4.78 is 0. The molecule has 3 aliphatic rings. The Morgan fingerprint density at radius 1 is 0.519 bits per heavy atom. The zero-order chi connectivity index (χ0) is 35.8. The molecule has 54 heavy (non-hydrogen) atoms. The number of rotatable bonds is 4. The van der Waals surface area contributed by atoms with E-state index in [1.807, 2.05) is 23.9 Å². The molecule has 3 atom stereocenters. The van der Waals surface area contributed by atoms with Gasteiger partial charge < -0.3 is 0 Å². The Labute approximate surface area is 320 Å². The maximum atomic E-state index is 10.0. The van der Waals surface area contributed by atoms with Crippen LogP contribution in [0.1, 0.15) is 44.7 Å². The topological polar surface area (TPSA) is 35.8 Å². The van der Waals surface area contributed by atoms with Crippen LogP contribution < -0.4 is 10.6 Å². The first-order valence-electron chi connectivity index (χ1n) is 18.5. The van der Waals surface area contributed by atoms with E-state index in [-0.39, 0.29) is 5.78 Å². The first-order valence-corrected chi connectivity index (χ1v) is 20.8. The predicted octanol–water partition coefficient (Wildman–Crippen LogP) is 11.5. The van der Waals surface area contributed by atoms with E-state index < -0.39 is 13.0 Å². The predicted molar refractivity (Wildman–Crippen MR) is 226 cm³/mol. The van der Waals surface area contributed by atoms with Crippen LogP contribution in [0.3, 0.4) is 0 Å². The first-order chi connectivity index (χ1) is 26.8. The molecule has 0 saturated heterocycles. The molecule has 2 heterocycles. The zero-order valence-electron chi connectivity index (χ0n) is 29.3. The number of hydrogen-bond acceptors (Lipinski definition) is 3. The van der Waals surface area contributed by atoms with Gasteiger partial charge in [-0.2, -0.15) is 5.26 Å². The van der Waals surface area contributed by atoms with E-state index >= 15 is 0 Å². The molecule has 0 amide bonds. The average Bonchev–Trinajstić information content (AvgIpc) is 3.52. The Morgan fingerprint density at radius 2 is 1.15 bits per heavy atom. The summed E-state index contributed by atoms with van der Waals surface area (Å²) >= 11 is 1.88. The van der Waals surface area contributed by atoms with Crippen molar-refractivity contribution in [3.63, 3.8) is 0 Å². The van der Waals surface area contributed by atoms with Crippen molar-refractivity contribution in [2.75, 3.05) is 0 Å². The van der Waals surface area contributed by atoms with Crippen LogP contribution in [0, 0.1) is 11.3 Å². The standard InChI is InChI=1S/C50H33N2PS/c51-31-33-29-30-37(36-20-8-7-19-35(33)36)38-22-13-27-44-47(38)54-45-28-12-11-25-42(45)50(44)41-24-10-9-21-39(41)46-40(23-14-26-43(46)50)49-52-48(32-15-3-1-4-16-32)53(49)34-17-5-2-6-18-34/h1-30,48,52-53H. The Morgan fingerprint density at radius 3 is 1.96 bits per heavy atom. The third kappa shape index (κ3) is 4.40. The highest BCUT2D eigenvalue weighted by Crippen LogP contribution is 2.64. The van der Waals surface area contributed by atoms with Crippen molar-refractivity contribution >= 4 is 40.8 Å². The SMILES string of the molecule is N#Cc1ccc(-c2cccc3c2Sc2ccccc2C32c3ccccc3-c3c(C4=[PH](c5ccccc5)C(c5ccccc5)N4)cccc32)c2ccccc12. The molecule has 0 fully saturated rings. The van der Waals surface area contributed by atoms with Gasteiger partial charge in [0.25, 0.3) is 0 Å². The fourth-order valence-corrected chi connectivity index (χ4v) is 13.6. The zero-order valence-corrected chi connectivity index (χ0v) is 31.1. The van der Waals surface area contributed by atoms with Gasteiger partial charge in [-0.05, 0) is 80.4 Å². The summed E-state index contributed by atoms with van der Waals surface area (Å²) in [5.41, 5.74) is 14.5. The number of fused-ring (bicyclic) bond motifs is 10. The second-order valence-corrected chi connectivity index (χ2v) is 17.8. The molecule has 254 valence electrons. The average molecular weight is 725 g/mol. The van der Waals surface area contributed by atoms with E-state index in [1.165, 1.54) is 70.6 Å². The highest BCUT2D eigenvalue weighted by atomic mass is 32.2. The van der Waals surface area contributed by atoms with Crippen LogP contribution >= 0.6 is 19.3 Å². The third-order valence-corrected chi connectivity index (χ3v) is 15.8. The molecule has 0 radical (unpaired) electrons. The minimum Gasteiger partial charge on any atom is -0.277 e. The number of nitriles is 1. The highest BCUT2D eigenvalue weighted by Gasteiger charge is 2.51. The molecule has 2 aliphatic heterocycles. The lowest BCUT2D eigenvalue weighted by molar-refractivity contribution is 0.723. The van der Waals surface area contributed by atoms with Gasteiger partial charge in [-0.25, -0.2) is 0 Å². The fraction of sp³-hybridized carbons (Fsp3) is 0.0400. The van der Waals surface area contributed by atoms with Gasteiger partial charge in [0.1, 0.15) is 0 Å². The molecule has 0 bridgehead atoms. The molecular weight excluding hydrogens is 692 g/mol. The molecule has 1 spiro atoms. The second-order valence-electron chi connectivity index (χ2n) is 14.3. The Bertz CT molecular complexity index is 2910. The maximum absolute atomic E-state index is 10.0. The summed E-state index contributed by atoms with van der Waals surface area (Å²) in [6.07, 6.45) is 0. The van der Waals surface area contributed by atoms with Crippen LogP contribution in [-0.4, -0.2) is 5.42 Å². The van der Waals surface area contributed by atoms with Gasteiger partial charge >= 0.3 is 0 Å². The van der Waals surface area contributed by atoms with Crippen LogP contribution in [0.15, 0.2) is 192 Å². The molecule has 1 aliphatic carbocycles. The quantitative estimate of drug-likeness (QED) is 0.184. The monoisotopic (exact) mass is 724 g/mol. The van der Waals surface area contributed by atoms with Gasteiger partial charge in [0, 0.05) is 26.2 Å². The minimum atomic E-state index is -1.18. The summed E-state index contributed by atoms with van der Waals surface area (Å²) in [6, 6.07) is 69.1. The van der Waals surface area contributed by atoms with Gasteiger partial charge in [0.15, 0.2) is 0 Å². The van der Waals surface area contributed by atoms with Crippen molar-refractivity contribution in [2.24, 2.45) is 0 Å². The lowest BCUT2D eigenvalue weighted by atomic mass is 9.67. The molecular formula is C50H33N2PS. The van der Waals surface area contributed by atoms with Crippen molar-refractivity contribution < 1.29 is 0 Å². The van der Waals surface area contributed by atoms with Crippen LogP contribution in [0.25, 0.3) is 33.0 Å². The molecule has 11 rings (SSSR count). The largest absolute Gasteiger partial charge is 0.277 e. The molecule has 3 unspecified atom stereocenters. The number of nitrogens with zero attached hydrogens (tertiary/aromatic N) is 1. The van der Waals surface area contributed by atoms with Crippen molar-refractivity contribution in [1.82, 2.24) is 5.32 Å². The Balaban J connectivity index is 1.21. The summed E-state index contributed by atoms with van der Waals surface area (Å²) in [5.74, 6) is 0.285. The van der Waals surface area contributed by atoms with Gasteiger partial charge in [-0.15, -0.1) is 0 Å². The van der Waals surface area contributed by atoms with Crippen molar-refractivity contribution in [2.45, 2.75) is 21.0 Å². The minimum absolute atomic E-state index is 0.285. The van der Waals surface area contributed by atoms with E-state index in [2.05, 4.69) is 181 Å². The van der Waals surface area contributed by atoms with E-state index in [9.17, 15) is 5.26 Å². The number of hydrogen-bond donors (Lipinski definition) is 1. The van der Waals surface area contributed by atoms with Crippen LogP contribution in [0.2, 0.25) is 0 Å². The summed E-state index contributed by atoms with van der Waals surface area (Å²) in [6.45, 7) is 0. The highest BCUT2D eigenvalue weighted by molar-refractivity contribution is 7.99. The molecule has 8 aromatic carbocycles. The summed E-state index contributed by atoms with van der Waals surface area (Å²) in [4.78, 5) is 2.54. The summed E-state index contributed by atoms with van der Waals surface area (Å²) in [5, 5.41) is 17.6. The third-order valence-electron chi connectivity index (χ3n) is 11.7. The number of nitrogens with one attached hydrogen (secondary N) is 1. The van der Waals surface area contributed by atoms with E-state index in [4.69, 9.17) is 0 Å². The van der Waals surface area contributed by atoms with Crippen LogP contribution in [0.5, 0.6) is 0 Å². The summed E-state index contributed by atoms with van der Waals surface area (Å²) in [7, 11) is -1.18. The van der Waals surface area contributed by atoms with Crippen molar-refractivity contribution in [1.29, 1.82) is 5.26 Å².